The number of carbonyl (C=O) groups excluding carboxylic acids is 2. The van der Waals surface area contributed by atoms with Crippen LogP contribution in [0.5, 0.6) is 0 Å². The molecule has 0 aromatic heterocycles. The van der Waals surface area contributed by atoms with Gasteiger partial charge in [-0.05, 0) is 36.1 Å². The number of hydrazone groups is 1. The molecule has 150 valence electrons. The molecule has 1 fully saturated rings. The van der Waals surface area contributed by atoms with Crippen molar-refractivity contribution in [2.45, 2.75) is 37.5 Å². The van der Waals surface area contributed by atoms with Crippen LogP contribution in [0.1, 0.15) is 43.2 Å². The van der Waals surface area contributed by atoms with Gasteiger partial charge in [0.15, 0.2) is 6.61 Å². The van der Waals surface area contributed by atoms with Gasteiger partial charge in [0.2, 0.25) is 0 Å². The summed E-state index contributed by atoms with van der Waals surface area (Å²) in [5.41, 5.74) is 1.79. The van der Waals surface area contributed by atoms with Crippen LogP contribution >= 0.6 is 0 Å². The van der Waals surface area contributed by atoms with E-state index in [9.17, 15) is 14.0 Å². The SMILES string of the molecule is O=C(COC(=O)C1(c2ccc(F)cc2)CCCC1)N1CCC(c2ccccc2)=N1. The minimum Gasteiger partial charge on any atom is -0.455 e. The molecule has 0 atom stereocenters. The minimum absolute atomic E-state index is 0.337. The second-order valence-electron chi connectivity index (χ2n) is 7.55. The highest BCUT2D eigenvalue weighted by Gasteiger charge is 2.44. The second kappa shape index (κ2) is 8.15. The molecule has 2 aromatic rings. The smallest absolute Gasteiger partial charge is 0.317 e. The van der Waals surface area contributed by atoms with Gasteiger partial charge in [-0.2, -0.15) is 5.10 Å². The molecule has 0 radical (unpaired) electrons. The Hall–Kier alpha value is -3.02. The molecule has 0 bridgehead atoms. The topological polar surface area (TPSA) is 59.0 Å². The Balaban J connectivity index is 1.41. The van der Waals surface area contributed by atoms with Crippen molar-refractivity contribution in [2.75, 3.05) is 13.2 Å². The predicted molar refractivity (Wildman–Crippen MR) is 107 cm³/mol. The third-order valence-electron chi connectivity index (χ3n) is 5.77. The molecular weight excluding hydrogens is 371 g/mol. The van der Waals surface area contributed by atoms with Crippen LogP contribution in [0, 0.1) is 5.82 Å². The zero-order valence-corrected chi connectivity index (χ0v) is 16.1. The molecule has 1 aliphatic heterocycles. The third-order valence-corrected chi connectivity index (χ3v) is 5.77. The number of nitrogens with zero attached hydrogens (tertiary/aromatic N) is 2. The van der Waals surface area contributed by atoms with E-state index in [1.165, 1.54) is 17.1 Å². The van der Waals surface area contributed by atoms with Gasteiger partial charge in [-0.25, -0.2) is 9.40 Å². The van der Waals surface area contributed by atoms with Gasteiger partial charge in [0, 0.05) is 6.42 Å². The van der Waals surface area contributed by atoms with Crippen molar-refractivity contribution in [3.8, 4) is 0 Å². The van der Waals surface area contributed by atoms with Gasteiger partial charge < -0.3 is 4.74 Å². The zero-order chi connectivity index (χ0) is 20.3. The Morgan fingerprint density at radius 1 is 1.03 bits per heavy atom. The number of hydrogen-bond acceptors (Lipinski definition) is 4. The molecule has 0 spiro atoms. The van der Waals surface area contributed by atoms with E-state index >= 15 is 0 Å². The highest BCUT2D eigenvalue weighted by atomic mass is 19.1. The molecule has 5 nitrogen and oxygen atoms in total. The maximum Gasteiger partial charge on any atom is 0.317 e. The minimum atomic E-state index is -0.794. The van der Waals surface area contributed by atoms with Gasteiger partial charge in [-0.3, -0.25) is 9.59 Å². The summed E-state index contributed by atoms with van der Waals surface area (Å²) in [6.07, 6.45) is 3.76. The molecule has 0 unspecified atom stereocenters. The van der Waals surface area contributed by atoms with Crippen LogP contribution in [0.4, 0.5) is 4.39 Å². The van der Waals surface area contributed by atoms with Crippen LogP contribution in [-0.4, -0.2) is 35.7 Å². The quantitative estimate of drug-likeness (QED) is 0.725. The monoisotopic (exact) mass is 394 g/mol. The summed E-state index contributed by atoms with van der Waals surface area (Å²) in [4.78, 5) is 25.5. The lowest BCUT2D eigenvalue weighted by Gasteiger charge is -2.27. The fourth-order valence-electron chi connectivity index (χ4n) is 4.17. The first kappa shape index (κ1) is 19.3. The van der Waals surface area contributed by atoms with E-state index in [0.717, 1.165) is 29.7 Å². The Morgan fingerprint density at radius 3 is 2.41 bits per heavy atom. The largest absolute Gasteiger partial charge is 0.455 e. The first-order valence-electron chi connectivity index (χ1n) is 9.95. The second-order valence-corrected chi connectivity index (χ2v) is 7.55. The van der Waals surface area contributed by atoms with E-state index < -0.39 is 11.4 Å². The average Bonchev–Trinajstić information content (AvgIpc) is 3.44. The standard InChI is InChI=1S/C23H23FN2O3/c24-19-10-8-18(9-11-19)23(13-4-5-14-23)22(28)29-16-21(27)26-15-12-20(25-26)17-6-2-1-3-7-17/h1-3,6-11H,4-5,12-16H2. The van der Waals surface area contributed by atoms with Crippen LogP contribution in [-0.2, 0) is 19.7 Å². The number of amides is 1. The number of esters is 1. The maximum absolute atomic E-state index is 13.3. The molecule has 1 aliphatic carbocycles. The van der Waals surface area contributed by atoms with E-state index in [2.05, 4.69) is 5.10 Å². The molecular formula is C23H23FN2O3. The van der Waals surface area contributed by atoms with E-state index in [1.54, 1.807) is 12.1 Å². The molecule has 1 amide bonds. The maximum atomic E-state index is 13.3. The van der Waals surface area contributed by atoms with Crippen LogP contribution < -0.4 is 0 Å². The van der Waals surface area contributed by atoms with Crippen molar-refractivity contribution in [2.24, 2.45) is 5.10 Å². The van der Waals surface area contributed by atoms with Crippen molar-refractivity contribution in [1.82, 2.24) is 5.01 Å². The zero-order valence-electron chi connectivity index (χ0n) is 16.1. The molecule has 0 saturated heterocycles. The van der Waals surface area contributed by atoms with Crippen molar-refractivity contribution in [3.63, 3.8) is 0 Å². The molecule has 2 aliphatic rings. The van der Waals surface area contributed by atoms with Crippen LogP contribution in [0.15, 0.2) is 59.7 Å². The van der Waals surface area contributed by atoms with Crippen molar-refractivity contribution < 1.29 is 18.7 Å². The van der Waals surface area contributed by atoms with Gasteiger partial charge in [0.05, 0.1) is 17.7 Å². The fraction of sp³-hybridized carbons (Fsp3) is 0.348. The van der Waals surface area contributed by atoms with Crippen molar-refractivity contribution in [1.29, 1.82) is 0 Å². The Labute approximate surface area is 169 Å². The van der Waals surface area contributed by atoms with Gasteiger partial charge in [-0.15, -0.1) is 0 Å². The first-order chi connectivity index (χ1) is 14.1. The highest BCUT2D eigenvalue weighted by Crippen LogP contribution is 2.42. The normalized spacial score (nSPS) is 17.8. The number of carbonyl (C=O) groups is 2. The van der Waals surface area contributed by atoms with Crippen LogP contribution in [0.2, 0.25) is 0 Å². The number of benzene rings is 2. The first-order valence-corrected chi connectivity index (χ1v) is 9.95. The molecule has 6 heteroatoms. The van der Waals surface area contributed by atoms with E-state index in [0.29, 0.717) is 25.8 Å². The Morgan fingerprint density at radius 2 is 1.72 bits per heavy atom. The summed E-state index contributed by atoms with van der Waals surface area (Å²) < 4.78 is 18.7. The molecule has 1 saturated carbocycles. The van der Waals surface area contributed by atoms with Gasteiger partial charge in [0.1, 0.15) is 5.82 Å². The average molecular weight is 394 g/mol. The van der Waals surface area contributed by atoms with Gasteiger partial charge in [-0.1, -0.05) is 55.3 Å². The molecule has 1 heterocycles. The molecule has 4 rings (SSSR count). The summed E-state index contributed by atoms with van der Waals surface area (Å²) in [7, 11) is 0. The Bertz CT molecular complexity index is 919. The van der Waals surface area contributed by atoms with Crippen molar-refractivity contribution >= 4 is 17.6 Å². The predicted octanol–water partition coefficient (Wildman–Crippen LogP) is 3.82. The van der Waals surface area contributed by atoms with E-state index in [1.807, 2.05) is 30.3 Å². The number of halogens is 1. The highest BCUT2D eigenvalue weighted by molar-refractivity contribution is 6.02. The summed E-state index contributed by atoms with van der Waals surface area (Å²) in [6.45, 7) is 0.136. The summed E-state index contributed by atoms with van der Waals surface area (Å²) >= 11 is 0. The summed E-state index contributed by atoms with van der Waals surface area (Å²) in [6, 6.07) is 15.7. The lowest BCUT2D eigenvalue weighted by atomic mass is 9.79. The molecule has 29 heavy (non-hydrogen) atoms. The molecule has 0 N–H and O–H groups in total. The summed E-state index contributed by atoms with van der Waals surface area (Å²) in [5.74, 6) is -1.09. The lowest BCUT2D eigenvalue weighted by Crippen LogP contribution is -2.37. The van der Waals surface area contributed by atoms with Crippen molar-refractivity contribution in [3.05, 3.63) is 71.5 Å². The summed E-state index contributed by atoms with van der Waals surface area (Å²) in [5, 5.41) is 5.76. The van der Waals surface area contributed by atoms with Crippen LogP contribution in [0.3, 0.4) is 0 Å². The van der Waals surface area contributed by atoms with Gasteiger partial charge in [0.25, 0.3) is 5.91 Å². The van der Waals surface area contributed by atoms with Crippen LogP contribution in [0.25, 0.3) is 0 Å². The fourth-order valence-corrected chi connectivity index (χ4v) is 4.17. The Kier molecular flexibility index (Phi) is 5.43. The number of rotatable bonds is 5. The molecule has 2 aromatic carbocycles. The van der Waals surface area contributed by atoms with Gasteiger partial charge >= 0.3 is 5.97 Å². The third kappa shape index (κ3) is 3.92. The number of ether oxygens (including phenoxy) is 1. The van der Waals surface area contributed by atoms with E-state index in [4.69, 9.17) is 4.74 Å². The lowest BCUT2D eigenvalue weighted by molar-refractivity contribution is -0.157. The number of hydrogen-bond donors (Lipinski definition) is 0. The van der Waals surface area contributed by atoms with E-state index in [-0.39, 0.29) is 18.3 Å².